The molecule has 0 amide bonds. The lowest BCUT2D eigenvalue weighted by molar-refractivity contribution is 0.676. The lowest BCUT2D eigenvalue weighted by atomic mass is 10.3. The molecule has 2 nitrogen and oxygen atoms in total. The van der Waals surface area contributed by atoms with Gasteiger partial charge in [-0.3, -0.25) is 4.67 Å². The Morgan fingerprint density at radius 3 is 2.06 bits per heavy atom. The summed E-state index contributed by atoms with van der Waals surface area (Å²) in [5, 5.41) is 3.15. The quantitative estimate of drug-likeness (QED) is 0.661. The zero-order valence-electron chi connectivity index (χ0n) is 8.82. The molecule has 90 valence electrons. The van der Waals surface area contributed by atoms with Crippen molar-refractivity contribution in [1.82, 2.24) is 4.67 Å². The van der Waals surface area contributed by atoms with Crippen LogP contribution in [0.15, 0.2) is 30.3 Å². The number of alkyl halides is 3. The average Bonchev–Trinajstić information content (AvgIpc) is 2.17. The Morgan fingerprint density at radius 1 is 1.19 bits per heavy atom. The van der Waals surface area contributed by atoms with Crippen molar-refractivity contribution >= 4 is 58.6 Å². The molecule has 0 radical (unpaired) electrons. The third-order valence-corrected chi connectivity index (χ3v) is 9.52. The highest BCUT2D eigenvalue weighted by Crippen LogP contribution is 2.65. The normalized spacial score (nSPS) is 15.9. The third-order valence-electron chi connectivity index (χ3n) is 1.96. The first-order valence-electron chi connectivity index (χ1n) is 4.45. The highest BCUT2D eigenvalue weighted by molar-refractivity contribution is 8.16. The van der Waals surface area contributed by atoms with Crippen molar-refractivity contribution in [3.63, 3.8) is 0 Å². The molecule has 1 aromatic rings. The van der Waals surface area contributed by atoms with Crippen molar-refractivity contribution < 1.29 is 0 Å². The Kier molecular flexibility index (Phi) is 4.94. The lowest BCUT2D eigenvalue weighted by Crippen LogP contribution is -2.24. The number of benzene rings is 1. The number of rotatable bonds is 3. The van der Waals surface area contributed by atoms with E-state index < -0.39 is 9.87 Å². The Morgan fingerprint density at radius 2 is 1.69 bits per heavy atom. The number of halogens is 3. The average molecular weight is 318 g/mol. The number of hydrogen-bond donors (Lipinski definition) is 1. The molecule has 0 unspecified atom stereocenters. The Bertz CT molecular complexity index is 391. The molecular weight excluding hydrogens is 306 g/mol. The van der Waals surface area contributed by atoms with Crippen LogP contribution in [-0.2, 0) is 11.8 Å². The molecule has 1 N–H and O–H groups in total. The fraction of sp³-hybridized carbons (Fsp3) is 0.333. The van der Waals surface area contributed by atoms with E-state index in [1.807, 2.05) is 30.3 Å². The maximum Gasteiger partial charge on any atom is 0.248 e. The van der Waals surface area contributed by atoms with Gasteiger partial charge in [-0.1, -0.05) is 64.8 Å². The van der Waals surface area contributed by atoms with E-state index in [4.69, 9.17) is 46.6 Å². The van der Waals surface area contributed by atoms with Gasteiger partial charge in [0.15, 0.2) is 0 Å². The minimum Gasteiger partial charge on any atom is -0.343 e. The number of nitrogens with one attached hydrogen (secondary N) is 1. The third kappa shape index (κ3) is 3.25. The van der Waals surface area contributed by atoms with Crippen molar-refractivity contribution in [2.45, 2.75) is 3.53 Å². The van der Waals surface area contributed by atoms with Crippen LogP contribution in [0, 0.1) is 0 Å². The molecule has 0 aliphatic heterocycles. The monoisotopic (exact) mass is 316 g/mol. The van der Waals surface area contributed by atoms with Gasteiger partial charge in [-0.05, 0) is 26.2 Å². The summed E-state index contributed by atoms with van der Waals surface area (Å²) in [7, 11) is 3.61. The van der Waals surface area contributed by atoms with Gasteiger partial charge in [-0.25, -0.2) is 0 Å². The van der Waals surface area contributed by atoms with Gasteiger partial charge >= 0.3 is 0 Å². The van der Waals surface area contributed by atoms with Gasteiger partial charge in [0, 0.05) is 5.69 Å². The van der Waals surface area contributed by atoms with E-state index in [0.29, 0.717) is 0 Å². The molecule has 1 aromatic carbocycles. The Hall–Kier alpha value is 0.500. The van der Waals surface area contributed by atoms with E-state index in [-0.39, 0.29) is 0 Å². The molecule has 0 saturated carbocycles. The lowest BCUT2D eigenvalue weighted by Gasteiger charge is -2.35. The zero-order chi connectivity index (χ0) is 12.4. The minimum absolute atomic E-state index is 0.853. The van der Waals surface area contributed by atoms with Crippen LogP contribution in [0.25, 0.3) is 0 Å². The van der Waals surface area contributed by atoms with Crippen LogP contribution in [0.4, 0.5) is 5.69 Å². The molecule has 0 saturated heterocycles. The number of hydrogen-bond acceptors (Lipinski definition) is 1. The van der Waals surface area contributed by atoms with Crippen LogP contribution in [0.3, 0.4) is 0 Å². The summed E-state index contributed by atoms with van der Waals surface area (Å²) in [5.74, 6) is 0. The molecule has 0 heterocycles. The summed E-state index contributed by atoms with van der Waals surface area (Å²) in [6.07, 6.45) is -2.48. The summed E-state index contributed by atoms with van der Waals surface area (Å²) >= 11 is 23.3. The van der Waals surface area contributed by atoms with Gasteiger partial charge < -0.3 is 5.09 Å². The van der Waals surface area contributed by atoms with Crippen LogP contribution in [0.1, 0.15) is 0 Å². The fourth-order valence-corrected chi connectivity index (χ4v) is 4.41. The smallest absolute Gasteiger partial charge is 0.248 e. The maximum atomic E-state index is 5.96. The van der Waals surface area contributed by atoms with E-state index in [2.05, 4.69) is 5.09 Å². The predicted octanol–water partition coefficient (Wildman–Crippen LogP) is 4.30. The second kappa shape index (κ2) is 5.43. The molecule has 0 bridgehead atoms. The van der Waals surface area contributed by atoms with E-state index in [9.17, 15) is 0 Å². The van der Waals surface area contributed by atoms with Gasteiger partial charge in [0.1, 0.15) is 6.34 Å². The minimum atomic E-state index is -2.48. The summed E-state index contributed by atoms with van der Waals surface area (Å²) in [4.78, 5) is 0. The van der Waals surface area contributed by atoms with Gasteiger partial charge in [-0.2, -0.15) is 0 Å². The second-order valence-electron chi connectivity index (χ2n) is 3.37. The molecule has 16 heavy (non-hydrogen) atoms. The molecular formula is C9H12Cl3N2PS. The molecule has 7 heteroatoms. The molecule has 0 aliphatic carbocycles. The molecule has 0 aliphatic rings. The van der Waals surface area contributed by atoms with Crippen molar-refractivity contribution in [3.8, 4) is 0 Å². The Balaban J connectivity index is 3.03. The van der Waals surface area contributed by atoms with Gasteiger partial charge in [0.05, 0.1) is 0 Å². The SMILES string of the molecule is CN(C)[P@@](=S)(Nc1ccccc1)C(Cl)(Cl)Cl. The molecule has 0 fully saturated rings. The molecule has 1 atom stereocenters. The predicted molar refractivity (Wildman–Crippen MR) is 78.3 cm³/mol. The molecule has 0 spiro atoms. The van der Waals surface area contributed by atoms with Gasteiger partial charge in [0.25, 0.3) is 0 Å². The van der Waals surface area contributed by atoms with Crippen molar-refractivity contribution in [2.24, 2.45) is 0 Å². The van der Waals surface area contributed by atoms with Crippen molar-refractivity contribution in [3.05, 3.63) is 30.3 Å². The first kappa shape index (κ1) is 14.6. The van der Waals surface area contributed by atoms with Gasteiger partial charge in [-0.15, -0.1) is 0 Å². The first-order valence-corrected chi connectivity index (χ1v) is 8.34. The van der Waals surface area contributed by atoms with E-state index >= 15 is 0 Å². The first-order chi connectivity index (χ1) is 7.27. The number of anilines is 1. The summed E-state index contributed by atoms with van der Waals surface area (Å²) in [5.41, 5.74) is 0.853. The number of para-hydroxylation sites is 1. The highest BCUT2D eigenvalue weighted by Gasteiger charge is 2.41. The van der Waals surface area contributed by atoms with E-state index in [0.717, 1.165) is 5.69 Å². The Labute approximate surface area is 116 Å². The topological polar surface area (TPSA) is 15.3 Å². The second-order valence-corrected chi connectivity index (χ2v) is 10.9. The standard InChI is InChI=1S/C9H12Cl3N2PS/c1-14(2)15(16,9(10,11)12)13-8-6-4-3-5-7-8/h3-7H,1-2H3,(H,13,16)/t15-/m0/s1. The molecule has 0 aromatic heterocycles. The van der Waals surface area contributed by atoms with Crippen molar-refractivity contribution in [1.29, 1.82) is 0 Å². The fourth-order valence-electron chi connectivity index (χ4n) is 1.08. The summed E-state index contributed by atoms with van der Waals surface area (Å²) in [6, 6.07) is 9.49. The highest BCUT2D eigenvalue weighted by atomic mass is 35.6. The zero-order valence-corrected chi connectivity index (χ0v) is 12.8. The van der Waals surface area contributed by atoms with Crippen LogP contribution >= 0.6 is 41.1 Å². The van der Waals surface area contributed by atoms with Gasteiger partial charge in [0.2, 0.25) is 3.53 Å². The van der Waals surface area contributed by atoms with Crippen LogP contribution in [0.5, 0.6) is 0 Å². The van der Waals surface area contributed by atoms with Crippen LogP contribution in [-0.4, -0.2) is 22.3 Å². The molecule has 1 rings (SSSR count). The largest absolute Gasteiger partial charge is 0.343 e. The van der Waals surface area contributed by atoms with Crippen LogP contribution in [0.2, 0.25) is 0 Å². The van der Waals surface area contributed by atoms with Crippen molar-refractivity contribution in [2.75, 3.05) is 19.2 Å². The summed E-state index contributed by atoms with van der Waals surface area (Å²) in [6.45, 7) is 0. The van der Waals surface area contributed by atoms with E-state index in [1.54, 1.807) is 18.8 Å². The van der Waals surface area contributed by atoms with E-state index in [1.165, 1.54) is 0 Å². The number of nitrogens with zero attached hydrogens (tertiary/aromatic N) is 1. The summed E-state index contributed by atoms with van der Waals surface area (Å²) < 4.78 is 0.254. The van der Waals surface area contributed by atoms with Crippen LogP contribution < -0.4 is 5.09 Å². The maximum absolute atomic E-state index is 5.96.